The lowest BCUT2D eigenvalue weighted by Gasteiger charge is -2.10. The summed E-state index contributed by atoms with van der Waals surface area (Å²) in [6, 6.07) is 2.89. The quantitative estimate of drug-likeness (QED) is 0.612. The summed E-state index contributed by atoms with van der Waals surface area (Å²) >= 11 is 0. The molecule has 3 N–H and O–H groups in total. The van der Waals surface area contributed by atoms with Gasteiger partial charge in [-0.1, -0.05) is 6.92 Å². The minimum Gasteiger partial charge on any atom is -0.351 e. The van der Waals surface area contributed by atoms with E-state index in [1.165, 1.54) is 0 Å². The van der Waals surface area contributed by atoms with Gasteiger partial charge in [-0.05, 0) is 24.3 Å². The van der Waals surface area contributed by atoms with E-state index in [-0.39, 0.29) is 11.0 Å². The number of carbonyl (C=O) groups is 1. The molecule has 1 aliphatic rings. The third-order valence-corrected chi connectivity index (χ3v) is 4.36. The number of benzene rings is 1. The summed E-state index contributed by atoms with van der Waals surface area (Å²) < 4.78 is 22.7. The van der Waals surface area contributed by atoms with E-state index in [0.717, 1.165) is 31.0 Å². The van der Waals surface area contributed by atoms with Crippen molar-refractivity contribution in [2.45, 2.75) is 24.7 Å². The fraction of sp³-hybridized carbons (Fsp3) is 0.417. The summed E-state index contributed by atoms with van der Waals surface area (Å²) in [6.45, 7) is 2.45. The molecule has 0 spiro atoms. The lowest BCUT2D eigenvalue weighted by molar-refractivity contribution is -0.385. The number of nitro benzene ring substituents is 1. The van der Waals surface area contributed by atoms with Crippen molar-refractivity contribution in [3.8, 4) is 0 Å². The van der Waals surface area contributed by atoms with Crippen LogP contribution in [0.4, 0.5) is 5.69 Å². The van der Waals surface area contributed by atoms with Gasteiger partial charge in [0.1, 0.15) is 0 Å². The number of rotatable bonds is 5. The monoisotopic (exact) mass is 313 g/mol. The second kappa shape index (κ2) is 5.08. The van der Waals surface area contributed by atoms with Gasteiger partial charge in [0.2, 0.25) is 10.0 Å². The first-order valence-electron chi connectivity index (χ1n) is 6.21. The number of hydrogen-bond donors (Lipinski definition) is 2. The topological polar surface area (TPSA) is 132 Å². The Morgan fingerprint density at radius 3 is 2.52 bits per heavy atom. The Bertz CT molecular complexity index is 710. The Balaban J connectivity index is 2.31. The number of amides is 1. The molecule has 21 heavy (non-hydrogen) atoms. The predicted molar refractivity (Wildman–Crippen MR) is 74.1 cm³/mol. The number of carbonyl (C=O) groups excluding carboxylic acids is 1. The van der Waals surface area contributed by atoms with Crippen LogP contribution in [0.3, 0.4) is 0 Å². The Morgan fingerprint density at radius 2 is 2.05 bits per heavy atom. The summed E-state index contributed by atoms with van der Waals surface area (Å²) in [7, 11) is -4.13. The smallest absolute Gasteiger partial charge is 0.271 e. The Hall–Kier alpha value is -2.00. The van der Waals surface area contributed by atoms with E-state index < -0.39 is 31.4 Å². The zero-order valence-electron chi connectivity index (χ0n) is 11.3. The summed E-state index contributed by atoms with van der Waals surface area (Å²) in [5, 5.41) is 18.4. The minimum atomic E-state index is -4.13. The highest BCUT2D eigenvalue weighted by Crippen LogP contribution is 2.44. The van der Waals surface area contributed by atoms with Crippen molar-refractivity contribution in [3.05, 3.63) is 33.9 Å². The first kappa shape index (κ1) is 15.4. The zero-order chi connectivity index (χ0) is 15.8. The van der Waals surface area contributed by atoms with Crippen molar-refractivity contribution in [1.29, 1.82) is 0 Å². The van der Waals surface area contributed by atoms with Gasteiger partial charge in [-0.15, -0.1) is 0 Å². The van der Waals surface area contributed by atoms with Gasteiger partial charge in [-0.2, -0.15) is 0 Å². The molecule has 9 heteroatoms. The van der Waals surface area contributed by atoms with Crippen molar-refractivity contribution in [1.82, 2.24) is 5.32 Å². The summed E-state index contributed by atoms with van der Waals surface area (Å²) in [5.74, 6) is -0.559. The average molecular weight is 313 g/mol. The predicted octanol–water partition coefficient (Wildman–Crippen LogP) is 0.772. The average Bonchev–Trinajstić information content (AvgIpc) is 3.13. The molecule has 2 rings (SSSR count). The van der Waals surface area contributed by atoms with Crippen LogP contribution in [-0.2, 0) is 10.0 Å². The van der Waals surface area contributed by atoms with Crippen molar-refractivity contribution >= 4 is 21.6 Å². The van der Waals surface area contributed by atoms with Gasteiger partial charge in [0, 0.05) is 24.2 Å². The first-order chi connectivity index (χ1) is 9.61. The molecule has 0 aliphatic heterocycles. The van der Waals surface area contributed by atoms with E-state index in [0.29, 0.717) is 6.54 Å². The van der Waals surface area contributed by atoms with Crippen LogP contribution in [-0.4, -0.2) is 25.8 Å². The maximum absolute atomic E-state index is 12.0. The van der Waals surface area contributed by atoms with E-state index in [4.69, 9.17) is 5.14 Å². The molecule has 1 aromatic carbocycles. The minimum absolute atomic E-state index is 0.0686. The van der Waals surface area contributed by atoms with Crippen LogP contribution in [0.25, 0.3) is 0 Å². The van der Waals surface area contributed by atoms with Crippen LogP contribution in [0.5, 0.6) is 0 Å². The fourth-order valence-electron chi connectivity index (χ4n) is 1.77. The molecular weight excluding hydrogens is 298 g/mol. The van der Waals surface area contributed by atoms with Gasteiger partial charge in [-0.25, -0.2) is 13.6 Å². The molecule has 1 aliphatic carbocycles. The van der Waals surface area contributed by atoms with Crippen LogP contribution in [0, 0.1) is 15.5 Å². The number of primary sulfonamides is 1. The van der Waals surface area contributed by atoms with Crippen molar-refractivity contribution in [2.24, 2.45) is 10.6 Å². The molecule has 0 atom stereocenters. The number of non-ortho nitro benzene ring substituents is 1. The maximum Gasteiger partial charge on any atom is 0.271 e. The molecule has 0 unspecified atom stereocenters. The highest BCUT2D eigenvalue weighted by molar-refractivity contribution is 7.89. The number of hydrogen-bond acceptors (Lipinski definition) is 5. The summed E-state index contributed by atoms with van der Waals surface area (Å²) in [6.07, 6.45) is 2.01. The van der Waals surface area contributed by atoms with Gasteiger partial charge >= 0.3 is 0 Å². The van der Waals surface area contributed by atoms with E-state index in [9.17, 15) is 23.3 Å². The van der Waals surface area contributed by atoms with Gasteiger partial charge in [0.15, 0.2) is 0 Å². The number of nitrogens with one attached hydrogen (secondary N) is 1. The number of sulfonamides is 1. The lowest BCUT2D eigenvalue weighted by Crippen LogP contribution is -2.29. The molecule has 1 fully saturated rings. The van der Waals surface area contributed by atoms with E-state index in [1.54, 1.807) is 0 Å². The Kier molecular flexibility index (Phi) is 3.72. The van der Waals surface area contributed by atoms with Crippen molar-refractivity contribution in [2.75, 3.05) is 6.54 Å². The molecule has 114 valence electrons. The maximum atomic E-state index is 12.0. The largest absolute Gasteiger partial charge is 0.351 e. The molecule has 0 bridgehead atoms. The van der Waals surface area contributed by atoms with Crippen LogP contribution in [0.15, 0.2) is 23.1 Å². The fourth-order valence-corrected chi connectivity index (χ4v) is 2.35. The lowest BCUT2D eigenvalue weighted by atomic mass is 10.1. The van der Waals surface area contributed by atoms with Gasteiger partial charge in [0.05, 0.1) is 9.82 Å². The second-order valence-corrected chi connectivity index (χ2v) is 7.07. The first-order valence-corrected chi connectivity index (χ1v) is 7.76. The molecule has 0 saturated heterocycles. The Labute approximate surface area is 121 Å². The standard InChI is InChI=1S/C12H15N3O5S/c1-12(2-3-12)7-14-11(16)8-4-9(15(17)18)6-10(5-8)21(13,19)20/h4-6H,2-3,7H2,1H3,(H,14,16)(H2,13,19,20). The van der Waals surface area contributed by atoms with Crippen LogP contribution in [0.2, 0.25) is 0 Å². The van der Waals surface area contributed by atoms with Crippen LogP contribution in [0.1, 0.15) is 30.1 Å². The van der Waals surface area contributed by atoms with Gasteiger partial charge < -0.3 is 5.32 Å². The SMILES string of the molecule is CC1(CNC(=O)c2cc([N+](=O)[O-])cc(S(N)(=O)=O)c2)CC1. The highest BCUT2D eigenvalue weighted by Gasteiger charge is 2.37. The zero-order valence-corrected chi connectivity index (χ0v) is 12.1. The molecule has 8 nitrogen and oxygen atoms in total. The third-order valence-electron chi connectivity index (χ3n) is 3.47. The van der Waals surface area contributed by atoms with Crippen LogP contribution >= 0.6 is 0 Å². The molecule has 0 heterocycles. The Morgan fingerprint density at radius 1 is 1.43 bits per heavy atom. The summed E-state index contributed by atoms with van der Waals surface area (Å²) in [5.41, 5.74) is -0.527. The third kappa shape index (κ3) is 3.76. The molecule has 1 amide bonds. The molecule has 0 radical (unpaired) electrons. The van der Waals surface area contributed by atoms with E-state index in [1.807, 2.05) is 6.92 Å². The number of nitrogens with two attached hydrogens (primary N) is 1. The van der Waals surface area contributed by atoms with E-state index in [2.05, 4.69) is 5.32 Å². The number of nitro groups is 1. The summed E-state index contributed by atoms with van der Waals surface area (Å²) in [4.78, 5) is 21.6. The molecule has 1 aromatic rings. The highest BCUT2D eigenvalue weighted by atomic mass is 32.2. The molecular formula is C12H15N3O5S. The van der Waals surface area contributed by atoms with Gasteiger partial charge in [0.25, 0.3) is 11.6 Å². The van der Waals surface area contributed by atoms with E-state index >= 15 is 0 Å². The molecule has 0 aromatic heterocycles. The van der Waals surface area contributed by atoms with Crippen molar-refractivity contribution < 1.29 is 18.1 Å². The second-order valence-electron chi connectivity index (χ2n) is 5.51. The number of nitrogens with zero attached hydrogens (tertiary/aromatic N) is 1. The van der Waals surface area contributed by atoms with Gasteiger partial charge in [-0.3, -0.25) is 14.9 Å². The molecule has 1 saturated carbocycles. The normalized spacial score (nSPS) is 16.3. The van der Waals surface area contributed by atoms with Crippen LogP contribution < -0.4 is 10.5 Å². The van der Waals surface area contributed by atoms with Crippen molar-refractivity contribution in [3.63, 3.8) is 0 Å².